The van der Waals surface area contributed by atoms with Crippen LogP contribution < -0.4 is 10.6 Å². The van der Waals surface area contributed by atoms with Crippen LogP contribution in [0.2, 0.25) is 0 Å². The molecule has 0 atom stereocenters. The number of hydrogen-bond donors (Lipinski definition) is 2. The van der Waals surface area contributed by atoms with E-state index in [1.165, 1.54) is 21.8 Å². The SMILES string of the molecule is CCCn1c2ccccc2c2cc(NC(=S)NC)ccc21. The summed E-state index contributed by atoms with van der Waals surface area (Å²) in [5, 5.41) is 9.33. The van der Waals surface area contributed by atoms with Gasteiger partial charge in [-0.05, 0) is 42.9 Å². The van der Waals surface area contributed by atoms with E-state index < -0.39 is 0 Å². The summed E-state index contributed by atoms with van der Waals surface area (Å²) in [4.78, 5) is 0. The molecule has 4 heteroatoms. The van der Waals surface area contributed by atoms with Gasteiger partial charge in [-0.1, -0.05) is 25.1 Å². The number of hydrogen-bond acceptors (Lipinski definition) is 1. The second-order valence-corrected chi connectivity index (χ2v) is 5.51. The molecule has 3 rings (SSSR count). The highest BCUT2D eigenvalue weighted by Crippen LogP contribution is 2.31. The lowest BCUT2D eigenvalue weighted by Gasteiger charge is -2.08. The van der Waals surface area contributed by atoms with E-state index in [0.29, 0.717) is 5.11 Å². The number of benzene rings is 2. The highest BCUT2D eigenvalue weighted by atomic mass is 32.1. The zero-order valence-corrected chi connectivity index (χ0v) is 13.1. The summed E-state index contributed by atoms with van der Waals surface area (Å²) in [5.74, 6) is 0. The van der Waals surface area contributed by atoms with E-state index in [2.05, 4.69) is 64.6 Å². The van der Waals surface area contributed by atoms with Crippen LogP contribution >= 0.6 is 12.2 Å². The Morgan fingerprint density at radius 1 is 1.10 bits per heavy atom. The Balaban J connectivity index is 2.20. The van der Waals surface area contributed by atoms with Gasteiger partial charge in [-0.3, -0.25) is 0 Å². The second-order valence-electron chi connectivity index (χ2n) is 5.10. The lowest BCUT2D eigenvalue weighted by atomic mass is 10.1. The van der Waals surface area contributed by atoms with Gasteiger partial charge in [0.1, 0.15) is 0 Å². The van der Waals surface area contributed by atoms with Gasteiger partial charge in [0.25, 0.3) is 0 Å². The maximum absolute atomic E-state index is 5.18. The van der Waals surface area contributed by atoms with Crippen LogP contribution in [0.1, 0.15) is 13.3 Å². The van der Waals surface area contributed by atoms with E-state index in [1.807, 2.05) is 7.05 Å². The molecule has 0 fully saturated rings. The van der Waals surface area contributed by atoms with Gasteiger partial charge in [-0.25, -0.2) is 0 Å². The van der Waals surface area contributed by atoms with Gasteiger partial charge >= 0.3 is 0 Å². The van der Waals surface area contributed by atoms with E-state index in [1.54, 1.807) is 0 Å². The van der Waals surface area contributed by atoms with Crippen molar-refractivity contribution in [1.29, 1.82) is 0 Å². The van der Waals surface area contributed by atoms with Crippen molar-refractivity contribution in [3.63, 3.8) is 0 Å². The van der Waals surface area contributed by atoms with Gasteiger partial charge < -0.3 is 15.2 Å². The van der Waals surface area contributed by atoms with Crippen molar-refractivity contribution in [2.75, 3.05) is 12.4 Å². The minimum absolute atomic E-state index is 0.631. The maximum atomic E-state index is 5.18. The number of fused-ring (bicyclic) bond motifs is 3. The quantitative estimate of drug-likeness (QED) is 0.713. The van der Waals surface area contributed by atoms with Crippen molar-refractivity contribution >= 4 is 44.8 Å². The molecule has 21 heavy (non-hydrogen) atoms. The van der Waals surface area contributed by atoms with E-state index >= 15 is 0 Å². The van der Waals surface area contributed by atoms with Crippen LogP contribution in [-0.2, 0) is 6.54 Å². The molecule has 1 aromatic heterocycles. The normalized spacial score (nSPS) is 11.0. The molecule has 0 bridgehead atoms. The number of aryl methyl sites for hydroxylation is 1. The van der Waals surface area contributed by atoms with Crippen molar-refractivity contribution in [3.8, 4) is 0 Å². The van der Waals surface area contributed by atoms with Gasteiger partial charge in [-0.15, -0.1) is 0 Å². The van der Waals surface area contributed by atoms with Crippen molar-refractivity contribution in [2.24, 2.45) is 0 Å². The van der Waals surface area contributed by atoms with Gasteiger partial charge in [0, 0.05) is 41.1 Å². The Bertz CT molecular complexity index is 804. The summed E-state index contributed by atoms with van der Waals surface area (Å²) in [6.45, 7) is 3.24. The van der Waals surface area contributed by atoms with E-state index in [4.69, 9.17) is 12.2 Å². The molecule has 2 aromatic carbocycles. The summed E-state index contributed by atoms with van der Waals surface area (Å²) < 4.78 is 2.39. The third kappa shape index (κ3) is 2.47. The molecule has 0 spiro atoms. The van der Waals surface area contributed by atoms with Crippen LogP contribution in [0.5, 0.6) is 0 Å². The summed E-state index contributed by atoms with van der Waals surface area (Å²) in [5.41, 5.74) is 3.59. The second kappa shape index (κ2) is 5.74. The molecule has 0 aliphatic rings. The van der Waals surface area contributed by atoms with Crippen LogP contribution in [0.25, 0.3) is 21.8 Å². The van der Waals surface area contributed by atoms with Gasteiger partial charge in [0.05, 0.1) is 0 Å². The summed E-state index contributed by atoms with van der Waals surface area (Å²) in [6, 6.07) is 15.0. The third-order valence-electron chi connectivity index (χ3n) is 3.70. The largest absolute Gasteiger partial charge is 0.366 e. The Morgan fingerprint density at radius 2 is 1.86 bits per heavy atom. The highest BCUT2D eigenvalue weighted by molar-refractivity contribution is 7.80. The zero-order valence-electron chi connectivity index (χ0n) is 12.3. The van der Waals surface area contributed by atoms with Crippen LogP contribution in [-0.4, -0.2) is 16.7 Å². The molecule has 0 aliphatic carbocycles. The van der Waals surface area contributed by atoms with Gasteiger partial charge in [0.15, 0.2) is 5.11 Å². The first kappa shape index (κ1) is 13.9. The molecule has 2 N–H and O–H groups in total. The summed E-state index contributed by atoms with van der Waals surface area (Å²) >= 11 is 5.18. The number of aromatic nitrogens is 1. The smallest absolute Gasteiger partial charge is 0.170 e. The van der Waals surface area contributed by atoms with E-state index in [9.17, 15) is 0 Å². The fourth-order valence-electron chi connectivity index (χ4n) is 2.79. The van der Waals surface area contributed by atoms with Crippen LogP contribution in [0, 0.1) is 0 Å². The maximum Gasteiger partial charge on any atom is 0.170 e. The number of nitrogens with one attached hydrogen (secondary N) is 2. The molecular formula is C17H19N3S. The van der Waals surface area contributed by atoms with Gasteiger partial charge in [0.2, 0.25) is 0 Å². The third-order valence-corrected chi connectivity index (χ3v) is 4.01. The minimum Gasteiger partial charge on any atom is -0.366 e. The molecule has 1 heterocycles. The Labute approximate surface area is 129 Å². The van der Waals surface area contributed by atoms with E-state index in [0.717, 1.165) is 18.7 Å². The van der Waals surface area contributed by atoms with E-state index in [-0.39, 0.29) is 0 Å². The number of anilines is 1. The molecule has 108 valence electrons. The molecule has 0 amide bonds. The fraction of sp³-hybridized carbons (Fsp3) is 0.235. The summed E-state index contributed by atoms with van der Waals surface area (Å²) in [7, 11) is 1.82. The molecule has 0 saturated carbocycles. The standard InChI is InChI=1S/C17H19N3S/c1-3-10-20-15-7-5-4-6-13(15)14-11-12(8-9-16(14)20)19-17(21)18-2/h4-9,11H,3,10H2,1-2H3,(H2,18,19,21). The highest BCUT2D eigenvalue weighted by Gasteiger charge is 2.10. The van der Waals surface area contributed by atoms with Crippen LogP contribution in [0.4, 0.5) is 5.69 Å². The Morgan fingerprint density at radius 3 is 2.62 bits per heavy atom. The number of para-hydroxylation sites is 1. The molecule has 0 radical (unpaired) electrons. The number of thiocarbonyl (C=S) groups is 1. The fourth-order valence-corrected chi connectivity index (χ4v) is 2.91. The molecule has 3 aromatic rings. The topological polar surface area (TPSA) is 29.0 Å². The molecule has 0 saturated heterocycles. The Kier molecular flexibility index (Phi) is 3.80. The first-order valence-electron chi connectivity index (χ1n) is 7.24. The molecular weight excluding hydrogens is 278 g/mol. The average molecular weight is 297 g/mol. The van der Waals surface area contributed by atoms with Crippen molar-refractivity contribution in [1.82, 2.24) is 9.88 Å². The Hall–Kier alpha value is -2.07. The van der Waals surface area contributed by atoms with Crippen molar-refractivity contribution < 1.29 is 0 Å². The summed E-state index contributed by atoms with van der Waals surface area (Å²) in [6.07, 6.45) is 1.12. The van der Waals surface area contributed by atoms with Crippen molar-refractivity contribution in [3.05, 3.63) is 42.5 Å². The lowest BCUT2D eigenvalue weighted by molar-refractivity contribution is 0.724. The van der Waals surface area contributed by atoms with Gasteiger partial charge in [-0.2, -0.15) is 0 Å². The zero-order chi connectivity index (χ0) is 14.8. The van der Waals surface area contributed by atoms with Crippen molar-refractivity contribution in [2.45, 2.75) is 19.9 Å². The van der Waals surface area contributed by atoms with Crippen LogP contribution in [0.3, 0.4) is 0 Å². The molecule has 0 unspecified atom stereocenters. The minimum atomic E-state index is 0.631. The first-order chi connectivity index (χ1) is 10.2. The predicted octanol–water partition coefficient (Wildman–Crippen LogP) is 4.12. The number of rotatable bonds is 3. The first-order valence-corrected chi connectivity index (χ1v) is 7.65. The van der Waals surface area contributed by atoms with Crippen LogP contribution in [0.15, 0.2) is 42.5 Å². The molecule has 3 nitrogen and oxygen atoms in total. The monoisotopic (exact) mass is 297 g/mol. The lowest BCUT2D eigenvalue weighted by Crippen LogP contribution is -2.23. The average Bonchev–Trinajstić information content (AvgIpc) is 2.82. The number of nitrogens with zero attached hydrogens (tertiary/aromatic N) is 1. The molecule has 0 aliphatic heterocycles. The predicted molar refractivity (Wildman–Crippen MR) is 95.0 cm³/mol.